The maximum atomic E-state index is 12.7. The van der Waals surface area contributed by atoms with Crippen LogP contribution >= 0.6 is 0 Å². The number of imidazole rings is 1. The summed E-state index contributed by atoms with van der Waals surface area (Å²) in [6.45, 7) is 6.24. The summed E-state index contributed by atoms with van der Waals surface area (Å²) in [7, 11) is 0. The van der Waals surface area contributed by atoms with Crippen molar-refractivity contribution in [3.63, 3.8) is 0 Å². The fourth-order valence-electron chi connectivity index (χ4n) is 3.71. The van der Waals surface area contributed by atoms with Gasteiger partial charge in [-0.05, 0) is 39.2 Å². The van der Waals surface area contributed by atoms with Gasteiger partial charge in [-0.2, -0.15) is 0 Å². The second-order valence-corrected chi connectivity index (χ2v) is 10.1. The highest BCUT2D eigenvalue weighted by Gasteiger charge is 2.28. The molecular formula is C26H37N7O7. The van der Waals surface area contributed by atoms with E-state index in [2.05, 4.69) is 31.2 Å². The van der Waals surface area contributed by atoms with Gasteiger partial charge in [-0.15, -0.1) is 0 Å². The predicted octanol–water partition coefficient (Wildman–Crippen LogP) is 0.116. The molecule has 0 saturated heterocycles. The lowest BCUT2D eigenvalue weighted by atomic mass is 10.2. The largest absolute Gasteiger partial charge is 0.493 e. The molecule has 1 aliphatic heterocycles. The number of ether oxygens (including phenoxy) is 2. The standard InChI is InChI=1S/C26H37N7O7/c1-26(2,3)40-22(36)19(32-25(38)39-16-17-8-5-4-6-9-17)14-30-20(34)15-33-21(35)18(31-24(33)37)10-7-11-27-23-28-12-13-29-23/h4-6,8-9,19,35H,7,10-16H2,1-3H3,(H,30,34)(H,31,37)(H,32,38)(H2,27,28,29)/t19-/m0/s1. The number of aromatic amines is 1. The van der Waals surface area contributed by atoms with Gasteiger partial charge in [0.15, 0.2) is 5.96 Å². The zero-order valence-electron chi connectivity index (χ0n) is 22.9. The number of H-pyrrole nitrogens is 1. The molecule has 3 rings (SSSR count). The summed E-state index contributed by atoms with van der Waals surface area (Å²) in [5.74, 6) is -1.07. The average Bonchev–Trinajstić information content (AvgIpc) is 3.51. The van der Waals surface area contributed by atoms with Crippen LogP contribution in [-0.2, 0) is 38.6 Å². The van der Waals surface area contributed by atoms with Crippen molar-refractivity contribution >= 4 is 23.9 Å². The van der Waals surface area contributed by atoms with Crippen molar-refractivity contribution in [2.45, 2.75) is 58.4 Å². The highest BCUT2D eigenvalue weighted by atomic mass is 16.6. The number of carbonyl (C=O) groups excluding carboxylic acids is 3. The van der Waals surface area contributed by atoms with Crippen LogP contribution in [0.3, 0.4) is 0 Å². The number of esters is 1. The molecule has 14 nitrogen and oxygen atoms in total. The number of aliphatic imine (C=N–C) groups is 1. The second-order valence-electron chi connectivity index (χ2n) is 10.1. The molecule has 2 aromatic rings. The van der Waals surface area contributed by atoms with Gasteiger partial charge in [-0.3, -0.25) is 14.4 Å². The zero-order valence-corrected chi connectivity index (χ0v) is 22.9. The summed E-state index contributed by atoms with van der Waals surface area (Å²) in [6.07, 6.45) is 0.0961. The van der Waals surface area contributed by atoms with Gasteiger partial charge in [0.1, 0.15) is 24.8 Å². The summed E-state index contributed by atoms with van der Waals surface area (Å²) in [6, 6.07) is 7.73. The number of aryl methyl sites for hydroxylation is 1. The number of nitrogens with zero attached hydrogens (tertiary/aromatic N) is 2. The minimum absolute atomic E-state index is 0.0141. The van der Waals surface area contributed by atoms with E-state index in [1.54, 1.807) is 45.0 Å². The zero-order chi connectivity index (χ0) is 29.1. The summed E-state index contributed by atoms with van der Waals surface area (Å²) in [4.78, 5) is 56.8. The van der Waals surface area contributed by atoms with Crippen molar-refractivity contribution in [2.24, 2.45) is 4.99 Å². The van der Waals surface area contributed by atoms with E-state index in [4.69, 9.17) is 9.47 Å². The third-order valence-electron chi connectivity index (χ3n) is 5.60. The maximum absolute atomic E-state index is 12.7. The smallest absolute Gasteiger partial charge is 0.408 e. The molecule has 0 bridgehead atoms. The van der Waals surface area contributed by atoms with Crippen LogP contribution < -0.4 is 27.0 Å². The Morgan fingerprint density at radius 2 is 1.95 bits per heavy atom. The predicted molar refractivity (Wildman–Crippen MR) is 146 cm³/mol. The number of amides is 2. The molecule has 1 aromatic carbocycles. The van der Waals surface area contributed by atoms with E-state index in [-0.39, 0.29) is 19.0 Å². The summed E-state index contributed by atoms with van der Waals surface area (Å²) in [5, 5.41) is 21.6. The number of benzene rings is 1. The first-order chi connectivity index (χ1) is 19.0. The van der Waals surface area contributed by atoms with Crippen LogP contribution in [-0.4, -0.2) is 76.4 Å². The molecule has 0 aliphatic carbocycles. The minimum Gasteiger partial charge on any atom is -0.493 e. The van der Waals surface area contributed by atoms with Gasteiger partial charge in [0, 0.05) is 19.6 Å². The number of aromatic nitrogens is 2. The van der Waals surface area contributed by atoms with Crippen molar-refractivity contribution in [3.05, 3.63) is 52.1 Å². The molecule has 6 N–H and O–H groups in total. The van der Waals surface area contributed by atoms with Crippen molar-refractivity contribution in [3.8, 4) is 5.88 Å². The highest BCUT2D eigenvalue weighted by molar-refractivity contribution is 5.83. The van der Waals surface area contributed by atoms with E-state index < -0.39 is 41.8 Å². The van der Waals surface area contributed by atoms with Crippen LogP contribution in [0.25, 0.3) is 0 Å². The molecule has 0 radical (unpaired) electrons. The van der Waals surface area contributed by atoms with Crippen molar-refractivity contribution < 1.29 is 29.0 Å². The molecule has 1 aromatic heterocycles. The maximum Gasteiger partial charge on any atom is 0.408 e. The Morgan fingerprint density at radius 3 is 2.62 bits per heavy atom. The van der Waals surface area contributed by atoms with Crippen LogP contribution in [0.15, 0.2) is 40.1 Å². The number of rotatable bonds is 12. The number of nitrogens with one attached hydrogen (secondary N) is 5. The van der Waals surface area contributed by atoms with Gasteiger partial charge >= 0.3 is 17.8 Å². The third kappa shape index (κ3) is 9.67. The molecule has 0 saturated carbocycles. The van der Waals surface area contributed by atoms with Crippen LogP contribution in [0.1, 0.15) is 38.4 Å². The number of alkyl carbamates (subject to hydrolysis) is 1. The SMILES string of the molecule is CC(C)(C)OC(=O)[C@H](CNC(=O)Cn1c(O)c(CCCNC2=NCCN2)[nH]c1=O)NC(=O)OCc1ccccc1. The molecule has 14 heteroatoms. The number of hydrogen-bond donors (Lipinski definition) is 6. The number of carbonyl (C=O) groups is 3. The Labute approximate surface area is 231 Å². The first kappa shape index (κ1) is 30.1. The third-order valence-corrected chi connectivity index (χ3v) is 5.60. The quantitative estimate of drug-likeness (QED) is 0.155. The summed E-state index contributed by atoms with van der Waals surface area (Å²) >= 11 is 0. The molecule has 0 unspecified atom stereocenters. The number of hydrogen-bond acceptors (Lipinski definition) is 10. The van der Waals surface area contributed by atoms with E-state index in [0.717, 1.165) is 22.6 Å². The van der Waals surface area contributed by atoms with Crippen LogP contribution in [0.4, 0.5) is 4.79 Å². The lowest BCUT2D eigenvalue weighted by Crippen LogP contribution is -2.51. The Kier molecular flexibility index (Phi) is 10.6. The van der Waals surface area contributed by atoms with E-state index in [9.17, 15) is 24.3 Å². The Morgan fingerprint density at radius 1 is 1.20 bits per heavy atom. The van der Waals surface area contributed by atoms with Gasteiger partial charge in [-0.25, -0.2) is 14.4 Å². The van der Waals surface area contributed by atoms with E-state index in [1.165, 1.54) is 0 Å². The normalized spacial score (nSPS) is 13.5. The highest BCUT2D eigenvalue weighted by Crippen LogP contribution is 2.14. The van der Waals surface area contributed by atoms with Gasteiger partial charge in [0.25, 0.3) is 0 Å². The Hall–Kier alpha value is -4.49. The first-order valence-corrected chi connectivity index (χ1v) is 13.0. The van der Waals surface area contributed by atoms with E-state index in [1.807, 2.05) is 6.07 Å². The van der Waals surface area contributed by atoms with Crippen LogP contribution in [0, 0.1) is 0 Å². The molecule has 2 amide bonds. The van der Waals surface area contributed by atoms with Gasteiger partial charge in [0.2, 0.25) is 11.8 Å². The van der Waals surface area contributed by atoms with Gasteiger partial charge < -0.3 is 40.8 Å². The Bertz CT molecular complexity index is 1250. The van der Waals surface area contributed by atoms with Crippen LogP contribution in [0.2, 0.25) is 0 Å². The molecule has 0 spiro atoms. The van der Waals surface area contributed by atoms with Crippen molar-refractivity contribution in [1.29, 1.82) is 0 Å². The molecule has 1 atom stereocenters. The number of guanidine groups is 1. The molecule has 218 valence electrons. The van der Waals surface area contributed by atoms with E-state index >= 15 is 0 Å². The monoisotopic (exact) mass is 559 g/mol. The fraction of sp³-hybridized carbons (Fsp3) is 0.500. The Balaban J connectivity index is 1.53. The summed E-state index contributed by atoms with van der Waals surface area (Å²) in [5.41, 5.74) is -0.432. The second kappa shape index (κ2) is 14.1. The van der Waals surface area contributed by atoms with Crippen LogP contribution in [0.5, 0.6) is 5.88 Å². The molecule has 2 heterocycles. The summed E-state index contributed by atoms with van der Waals surface area (Å²) < 4.78 is 11.4. The van der Waals surface area contributed by atoms with Crippen molar-refractivity contribution in [2.75, 3.05) is 26.2 Å². The van der Waals surface area contributed by atoms with E-state index in [0.29, 0.717) is 31.6 Å². The lowest BCUT2D eigenvalue weighted by molar-refractivity contribution is -0.157. The lowest BCUT2D eigenvalue weighted by Gasteiger charge is -2.24. The molecule has 0 fully saturated rings. The fourth-order valence-corrected chi connectivity index (χ4v) is 3.71. The topological polar surface area (TPSA) is 188 Å². The molecule has 40 heavy (non-hydrogen) atoms. The van der Waals surface area contributed by atoms with Crippen molar-refractivity contribution in [1.82, 2.24) is 30.8 Å². The number of aromatic hydroxyl groups is 1. The first-order valence-electron chi connectivity index (χ1n) is 13.0. The average molecular weight is 560 g/mol. The molecular weight excluding hydrogens is 522 g/mol. The molecule has 1 aliphatic rings. The minimum atomic E-state index is -1.26. The van der Waals surface area contributed by atoms with Gasteiger partial charge in [-0.1, -0.05) is 30.3 Å². The van der Waals surface area contributed by atoms with Gasteiger partial charge in [0.05, 0.1) is 12.2 Å².